The van der Waals surface area contributed by atoms with Gasteiger partial charge in [0.2, 0.25) is 0 Å². The Balaban J connectivity index is 1.51. The smallest absolute Gasteiger partial charge is 0.341 e. The topological polar surface area (TPSA) is 70.0 Å². The summed E-state index contributed by atoms with van der Waals surface area (Å²) in [4.78, 5) is 14.7. The largest absolute Gasteiger partial charge is 0.489 e. The van der Waals surface area contributed by atoms with Gasteiger partial charge in [-0.15, -0.1) is 0 Å². The van der Waals surface area contributed by atoms with Crippen molar-refractivity contribution in [1.82, 2.24) is 4.90 Å². The standard InChI is InChI=1S/C27H31NO4/c1-26(16-14-23(15-17-26)28-18-6-3-7-19-28)27(31,25(29)30)22-10-12-24(13-11-22)32-20-21-8-4-2-5-9-21/h2,4-5,8-16,31H,3,6-7,17-20H2,1H3,(H,29,30). The van der Waals surface area contributed by atoms with Crippen molar-refractivity contribution >= 4 is 5.97 Å². The molecule has 4 rings (SSSR count). The van der Waals surface area contributed by atoms with Crippen LogP contribution in [-0.4, -0.2) is 34.2 Å². The average Bonchev–Trinajstić information content (AvgIpc) is 2.84. The first-order valence-corrected chi connectivity index (χ1v) is 11.3. The van der Waals surface area contributed by atoms with Crippen LogP contribution in [0, 0.1) is 5.41 Å². The lowest BCUT2D eigenvalue weighted by Crippen LogP contribution is -2.50. The molecule has 1 heterocycles. The molecule has 32 heavy (non-hydrogen) atoms. The highest BCUT2D eigenvalue weighted by atomic mass is 16.5. The normalized spacial score (nSPS) is 22.7. The van der Waals surface area contributed by atoms with Gasteiger partial charge in [0.25, 0.3) is 0 Å². The number of carbonyl (C=O) groups is 1. The summed E-state index contributed by atoms with van der Waals surface area (Å²) in [5.41, 5.74) is -0.496. The zero-order valence-corrected chi connectivity index (χ0v) is 18.5. The Morgan fingerprint density at radius 3 is 2.34 bits per heavy atom. The predicted molar refractivity (Wildman–Crippen MR) is 124 cm³/mol. The van der Waals surface area contributed by atoms with Crippen molar-refractivity contribution in [2.24, 2.45) is 5.41 Å². The van der Waals surface area contributed by atoms with Gasteiger partial charge in [0.15, 0.2) is 5.60 Å². The number of hydrogen-bond donors (Lipinski definition) is 2. The van der Waals surface area contributed by atoms with Crippen LogP contribution in [0.1, 0.15) is 43.7 Å². The van der Waals surface area contributed by atoms with Crippen molar-refractivity contribution in [3.05, 3.63) is 89.6 Å². The number of nitrogens with zero attached hydrogens (tertiary/aromatic N) is 1. The van der Waals surface area contributed by atoms with Crippen molar-refractivity contribution in [2.45, 2.75) is 44.8 Å². The second-order valence-electron chi connectivity index (χ2n) is 8.95. The molecular formula is C27H31NO4. The molecule has 0 bridgehead atoms. The zero-order valence-electron chi connectivity index (χ0n) is 18.5. The van der Waals surface area contributed by atoms with E-state index in [-0.39, 0.29) is 0 Å². The minimum Gasteiger partial charge on any atom is -0.489 e. The monoisotopic (exact) mass is 433 g/mol. The average molecular weight is 434 g/mol. The van der Waals surface area contributed by atoms with E-state index in [4.69, 9.17) is 4.74 Å². The first kappa shape index (κ1) is 22.2. The fourth-order valence-electron chi connectivity index (χ4n) is 4.61. The summed E-state index contributed by atoms with van der Waals surface area (Å²) < 4.78 is 5.81. The molecule has 168 valence electrons. The molecule has 2 atom stereocenters. The Hall–Kier alpha value is -3.05. The highest BCUT2D eigenvalue weighted by molar-refractivity contribution is 5.81. The molecule has 5 nitrogen and oxygen atoms in total. The Morgan fingerprint density at radius 1 is 1.06 bits per heavy atom. The summed E-state index contributed by atoms with van der Waals surface area (Å²) in [6.07, 6.45) is 9.97. The Kier molecular flexibility index (Phi) is 6.38. The lowest BCUT2D eigenvalue weighted by molar-refractivity contribution is -0.172. The molecular weight excluding hydrogens is 402 g/mol. The summed E-state index contributed by atoms with van der Waals surface area (Å²) >= 11 is 0. The first-order valence-electron chi connectivity index (χ1n) is 11.3. The Morgan fingerprint density at radius 2 is 1.75 bits per heavy atom. The number of piperidine rings is 1. The molecule has 2 N–H and O–H groups in total. The van der Waals surface area contributed by atoms with Crippen LogP contribution in [0.3, 0.4) is 0 Å². The van der Waals surface area contributed by atoms with Crippen LogP contribution < -0.4 is 4.74 Å². The minimum atomic E-state index is -2.05. The molecule has 2 aliphatic rings. The minimum absolute atomic E-state index is 0.346. The maximum atomic E-state index is 12.4. The van der Waals surface area contributed by atoms with Crippen LogP contribution in [0.2, 0.25) is 0 Å². The molecule has 1 aliphatic carbocycles. The van der Waals surface area contributed by atoms with Crippen LogP contribution in [0.4, 0.5) is 0 Å². The first-order chi connectivity index (χ1) is 15.4. The lowest BCUT2D eigenvalue weighted by atomic mass is 9.66. The fraction of sp³-hybridized carbons (Fsp3) is 0.370. The molecule has 0 radical (unpaired) electrons. The summed E-state index contributed by atoms with van der Waals surface area (Å²) in [5.74, 6) is -0.626. The quantitative estimate of drug-likeness (QED) is 0.652. The van der Waals surface area contributed by atoms with Crippen molar-refractivity contribution in [2.75, 3.05) is 13.1 Å². The number of aliphatic carboxylic acids is 1. The van der Waals surface area contributed by atoms with Crippen LogP contribution in [0.5, 0.6) is 5.75 Å². The number of aliphatic hydroxyl groups is 1. The van der Waals surface area contributed by atoms with Crippen LogP contribution in [0.25, 0.3) is 0 Å². The van der Waals surface area contributed by atoms with Gasteiger partial charge in [-0.05, 0) is 55.0 Å². The molecule has 2 aromatic carbocycles. The van der Waals surface area contributed by atoms with Gasteiger partial charge < -0.3 is 19.8 Å². The van der Waals surface area contributed by atoms with Crippen molar-refractivity contribution < 1.29 is 19.7 Å². The summed E-state index contributed by atoms with van der Waals surface area (Å²) in [6, 6.07) is 16.6. The third kappa shape index (κ3) is 4.30. The van der Waals surface area contributed by atoms with E-state index in [9.17, 15) is 15.0 Å². The van der Waals surface area contributed by atoms with E-state index in [2.05, 4.69) is 11.0 Å². The van der Waals surface area contributed by atoms with E-state index < -0.39 is 17.0 Å². The summed E-state index contributed by atoms with van der Waals surface area (Å²) in [5, 5.41) is 21.6. The van der Waals surface area contributed by atoms with Gasteiger partial charge >= 0.3 is 5.97 Å². The maximum absolute atomic E-state index is 12.4. The third-order valence-electron chi connectivity index (χ3n) is 6.73. The second-order valence-corrected chi connectivity index (χ2v) is 8.95. The van der Waals surface area contributed by atoms with Crippen LogP contribution in [0.15, 0.2) is 78.5 Å². The number of benzene rings is 2. The molecule has 5 heteroatoms. The van der Waals surface area contributed by atoms with Gasteiger partial charge in [-0.2, -0.15) is 0 Å². The predicted octanol–water partition coefficient (Wildman–Crippen LogP) is 4.87. The van der Waals surface area contributed by atoms with Crippen LogP contribution in [-0.2, 0) is 17.0 Å². The second kappa shape index (κ2) is 9.21. The molecule has 2 aromatic rings. The number of rotatable bonds is 7. The molecule has 0 spiro atoms. The maximum Gasteiger partial charge on any atom is 0.341 e. The van der Waals surface area contributed by atoms with Crippen molar-refractivity contribution in [3.63, 3.8) is 0 Å². The lowest BCUT2D eigenvalue weighted by Gasteiger charge is -2.42. The van der Waals surface area contributed by atoms with Gasteiger partial charge in [0.05, 0.1) is 0 Å². The number of allylic oxidation sites excluding steroid dienone is 2. The zero-order chi connectivity index (χ0) is 22.6. The molecule has 2 unspecified atom stereocenters. The molecule has 1 aliphatic heterocycles. The van der Waals surface area contributed by atoms with E-state index in [0.29, 0.717) is 24.3 Å². The van der Waals surface area contributed by atoms with Gasteiger partial charge in [-0.3, -0.25) is 0 Å². The molecule has 0 saturated carbocycles. The van der Waals surface area contributed by atoms with Gasteiger partial charge in [-0.1, -0.05) is 61.5 Å². The van der Waals surface area contributed by atoms with Crippen molar-refractivity contribution in [1.29, 1.82) is 0 Å². The number of likely N-dealkylation sites (tertiary alicyclic amines) is 1. The molecule has 0 amide bonds. The number of ether oxygens (including phenoxy) is 1. The summed E-state index contributed by atoms with van der Waals surface area (Å²) in [7, 11) is 0. The number of carboxylic acids is 1. The number of carboxylic acid groups (broad SMARTS) is 1. The van der Waals surface area contributed by atoms with E-state index in [0.717, 1.165) is 24.4 Å². The Bertz CT molecular complexity index is 992. The van der Waals surface area contributed by atoms with Crippen molar-refractivity contribution in [3.8, 4) is 5.75 Å². The van der Waals surface area contributed by atoms with E-state index in [1.807, 2.05) is 42.5 Å². The fourth-order valence-corrected chi connectivity index (χ4v) is 4.61. The molecule has 1 saturated heterocycles. The van der Waals surface area contributed by atoms with Crippen LogP contribution >= 0.6 is 0 Å². The van der Waals surface area contributed by atoms with Gasteiger partial charge in [-0.25, -0.2) is 4.79 Å². The molecule has 1 fully saturated rings. The Labute approximate surface area is 189 Å². The number of hydrogen-bond acceptors (Lipinski definition) is 4. The van der Waals surface area contributed by atoms with E-state index in [1.165, 1.54) is 19.3 Å². The summed E-state index contributed by atoms with van der Waals surface area (Å²) in [6.45, 7) is 4.29. The highest BCUT2D eigenvalue weighted by Gasteiger charge is 2.53. The highest BCUT2D eigenvalue weighted by Crippen LogP contribution is 2.47. The van der Waals surface area contributed by atoms with Gasteiger partial charge in [0.1, 0.15) is 12.4 Å². The van der Waals surface area contributed by atoms with E-state index >= 15 is 0 Å². The molecule has 0 aromatic heterocycles. The SMILES string of the molecule is CC1(C(O)(C(=O)O)c2ccc(OCc3ccccc3)cc2)C=CC(N2CCCCC2)=CC1. The van der Waals surface area contributed by atoms with Gasteiger partial charge in [0, 0.05) is 24.2 Å². The third-order valence-corrected chi connectivity index (χ3v) is 6.73. The van der Waals surface area contributed by atoms with E-state index in [1.54, 1.807) is 31.2 Å².